The third kappa shape index (κ3) is 3.96. The van der Waals surface area contributed by atoms with E-state index in [4.69, 9.17) is 0 Å². The lowest BCUT2D eigenvalue weighted by molar-refractivity contribution is -0.128. The molecule has 90 valence electrons. The van der Waals surface area contributed by atoms with Gasteiger partial charge in [0.25, 0.3) is 5.91 Å². The van der Waals surface area contributed by atoms with E-state index < -0.39 is 0 Å². The molecule has 17 heavy (non-hydrogen) atoms. The number of nitrogens with zero attached hydrogens (tertiary/aromatic N) is 1. The first-order chi connectivity index (χ1) is 8.02. The van der Waals surface area contributed by atoms with E-state index >= 15 is 0 Å². The van der Waals surface area contributed by atoms with Gasteiger partial charge in [0.05, 0.1) is 0 Å². The summed E-state index contributed by atoms with van der Waals surface area (Å²) in [7, 11) is 0. The molecule has 0 N–H and O–H groups in total. The molecule has 2 heteroatoms. The smallest absolute Gasteiger partial charge is 0.299 e. The van der Waals surface area contributed by atoms with Crippen molar-refractivity contribution >= 4 is 5.91 Å². The van der Waals surface area contributed by atoms with Gasteiger partial charge in [-0.1, -0.05) is 24.1 Å². The van der Waals surface area contributed by atoms with Gasteiger partial charge in [-0.15, -0.1) is 0 Å². The van der Waals surface area contributed by atoms with Crippen molar-refractivity contribution in [3.63, 3.8) is 0 Å². The van der Waals surface area contributed by atoms with Crippen LogP contribution in [0.25, 0.3) is 0 Å². The summed E-state index contributed by atoms with van der Waals surface area (Å²) in [6.45, 7) is 8.01. The van der Waals surface area contributed by atoms with Crippen molar-refractivity contribution in [2.75, 3.05) is 0 Å². The van der Waals surface area contributed by atoms with Crippen LogP contribution in [-0.2, 0) is 4.79 Å². The number of rotatable bonds is 2. The predicted molar refractivity (Wildman–Crippen MR) is 70.4 cm³/mol. The Morgan fingerprint density at radius 1 is 1.06 bits per heavy atom. The van der Waals surface area contributed by atoms with Crippen molar-refractivity contribution in [3.8, 4) is 11.8 Å². The molecule has 1 aromatic rings. The van der Waals surface area contributed by atoms with Crippen molar-refractivity contribution in [3.05, 3.63) is 35.9 Å². The summed E-state index contributed by atoms with van der Waals surface area (Å²) in [6, 6.07) is 9.90. The molecule has 2 nitrogen and oxygen atoms in total. The number of benzene rings is 1. The minimum atomic E-state index is -0.112. The highest BCUT2D eigenvalue weighted by molar-refractivity contribution is 5.94. The molecule has 0 aromatic heterocycles. The Balaban J connectivity index is 2.82. The van der Waals surface area contributed by atoms with Crippen LogP contribution in [-0.4, -0.2) is 22.9 Å². The number of carbonyl (C=O) groups excluding carboxylic acids is 1. The van der Waals surface area contributed by atoms with Crippen LogP contribution >= 0.6 is 0 Å². The lowest BCUT2D eigenvalue weighted by atomic mass is 10.2. The first-order valence-corrected chi connectivity index (χ1v) is 5.91. The molecule has 0 saturated carbocycles. The van der Waals surface area contributed by atoms with Gasteiger partial charge in [-0.2, -0.15) is 0 Å². The van der Waals surface area contributed by atoms with Gasteiger partial charge < -0.3 is 4.90 Å². The third-order valence-corrected chi connectivity index (χ3v) is 2.43. The zero-order chi connectivity index (χ0) is 12.8. The van der Waals surface area contributed by atoms with E-state index in [9.17, 15) is 4.79 Å². The monoisotopic (exact) mass is 229 g/mol. The molecule has 0 aliphatic carbocycles. The minimum Gasteiger partial charge on any atom is -0.327 e. The predicted octanol–water partition coefficient (Wildman–Crippen LogP) is 2.68. The van der Waals surface area contributed by atoms with Crippen LogP contribution < -0.4 is 0 Å². The zero-order valence-corrected chi connectivity index (χ0v) is 10.9. The van der Waals surface area contributed by atoms with Gasteiger partial charge in [-0.25, -0.2) is 0 Å². The summed E-state index contributed by atoms with van der Waals surface area (Å²) in [4.78, 5) is 13.7. The quantitative estimate of drug-likeness (QED) is 0.714. The maximum Gasteiger partial charge on any atom is 0.299 e. The van der Waals surface area contributed by atoms with Gasteiger partial charge in [0.2, 0.25) is 0 Å². The standard InChI is InChI=1S/C15H19NO/c1-12(2)16(13(3)4)15(17)11-10-14-8-6-5-7-9-14/h5-9,12-13H,1-4H3. The maximum atomic E-state index is 12.0. The van der Waals surface area contributed by atoms with E-state index in [1.54, 1.807) is 4.90 Å². The molecule has 0 radical (unpaired) electrons. The number of hydrogen-bond donors (Lipinski definition) is 0. The Hall–Kier alpha value is -1.75. The average Bonchev–Trinajstić information content (AvgIpc) is 2.27. The SMILES string of the molecule is CC(C)N(C(=O)C#Cc1ccccc1)C(C)C. The zero-order valence-electron chi connectivity index (χ0n) is 10.9. The van der Waals surface area contributed by atoms with Crippen LogP contribution in [0.2, 0.25) is 0 Å². The summed E-state index contributed by atoms with van der Waals surface area (Å²) in [6.07, 6.45) is 0. The molecule has 0 atom stereocenters. The normalized spacial score (nSPS) is 10.0. The molecule has 1 rings (SSSR count). The molecular formula is C15H19NO. The van der Waals surface area contributed by atoms with Gasteiger partial charge in [0, 0.05) is 23.6 Å². The fourth-order valence-corrected chi connectivity index (χ4v) is 1.78. The highest BCUT2D eigenvalue weighted by Gasteiger charge is 2.17. The number of carbonyl (C=O) groups is 1. The van der Waals surface area contributed by atoms with Gasteiger partial charge in [-0.05, 0) is 39.8 Å². The van der Waals surface area contributed by atoms with Crippen molar-refractivity contribution in [2.45, 2.75) is 39.8 Å². The Bertz CT molecular complexity index is 415. The van der Waals surface area contributed by atoms with E-state index in [1.165, 1.54) is 0 Å². The van der Waals surface area contributed by atoms with Crippen LogP contribution in [0.3, 0.4) is 0 Å². The maximum absolute atomic E-state index is 12.0. The fourth-order valence-electron chi connectivity index (χ4n) is 1.78. The summed E-state index contributed by atoms with van der Waals surface area (Å²) in [5.74, 6) is 5.48. The Labute approximate surface area is 104 Å². The Morgan fingerprint density at radius 2 is 1.59 bits per heavy atom. The van der Waals surface area contributed by atoms with Crippen LogP contribution in [0.5, 0.6) is 0 Å². The Morgan fingerprint density at radius 3 is 2.06 bits per heavy atom. The lowest BCUT2D eigenvalue weighted by Gasteiger charge is -2.28. The number of hydrogen-bond acceptors (Lipinski definition) is 1. The highest BCUT2D eigenvalue weighted by atomic mass is 16.2. The molecule has 0 saturated heterocycles. The first-order valence-electron chi connectivity index (χ1n) is 5.91. The molecule has 0 heterocycles. The van der Waals surface area contributed by atoms with Crippen molar-refractivity contribution < 1.29 is 4.79 Å². The van der Waals surface area contributed by atoms with E-state index in [1.807, 2.05) is 58.0 Å². The first kappa shape index (κ1) is 13.3. The minimum absolute atomic E-state index is 0.112. The van der Waals surface area contributed by atoms with Gasteiger partial charge in [-0.3, -0.25) is 4.79 Å². The fraction of sp³-hybridized carbons (Fsp3) is 0.400. The molecular weight excluding hydrogens is 210 g/mol. The third-order valence-electron chi connectivity index (χ3n) is 2.43. The largest absolute Gasteiger partial charge is 0.327 e. The van der Waals surface area contributed by atoms with Crippen molar-refractivity contribution in [2.24, 2.45) is 0 Å². The van der Waals surface area contributed by atoms with Crippen molar-refractivity contribution in [1.29, 1.82) is 0 Å². The second-order valence-corrected chi connectivity index (χ2v) is 4.52. The molecule has 1 aromatic carbocycles. The molecule has 0 spiro atoms. The molecule has 0 unspecified atom stereocenters. The molecule has 0 bridgehead atoms. The van der Waals surface area contributed by atoms with Crippen molar-refractivity contribution in [1.82, 2.24) is 4.90 Å². The molecule has 0 fully saturated rings. The molecule has 0 aliphatic rings. The van der Waals surface area contributed by atoms with E-state index in [0.717, 1.165) is 5.56 Å². The Kier molecular flexibility index (Phi) is 4.78. The lowest BCUT2D eigenvalue weighted by Crippen LogP contribution is -2.41. The van der Waals surface area contributed by atoms with Crippen LogP contribution in [0.4, 0.5) is 0 Å². The van der Waals surface area contributed by atoms with Gasteiger partial charge >= 0.3 is 0 Å². The second kappa shape index (κ2) is 6.10. The topological polar surface area (TPSA) is 20.3 Å². The van der Waals surface area contributed by atoms with Crippen LogP contribution in [0, 0.1) is 11.8 Å². The molecule has 1 amide bonds. The van der Waals surface area contributed by atoms with E-state index in [2.05, 4.69) is 11.8 Å². The average molecular weight is 229 g/mol. The van der Waals surface area contributed by atoms with Gasteiger partial charge in [0.15, 0.2) is 0 Å². The second-order valence-electron chi connectivity index (χ2n) is 4.52. The summed E-state index contributed by atoms with van der Waals surface area (Å²) < 4.78 is 0. The van der Waals surface area contributed by atoms with E-state index in [-0.39, 0.29) is 18.0 Å². The highest BCUT2D eigenvalue weighted by Crippen LogP contribution is 2.05. The van der Waals surface area contributed by atoms with Gasteiger partial charge in [0.1, 0.15) is 0 Å². The summed E-state index contributed by atoms with van der Waals surface area (Å²) in [5, 5.41) is 0. The summed E-state index contributed by atoms with van der Waals surface area (Å²) in [5.41, 5.74) is 0.869. The van der Waals surface area contributed by atoms with Crippen LogP contribution in [0.15, 0.2) is 30.3 Å². The number of amides is 1. The molecule has 0 aliphatic heterocycles. The summed E-state index contributed by atoms with van der Waals surface area (Å²) >= 11 is 0. The van der Waals surface area contributed by atoms with E-state index in [0.29, 0.717) is 0 Å². The van der Waals surface area contributed by atoms with Crippen LogP contribution in [0.1, 0.15) is 33.3 Å².